The molecule has 0 aliphatic rings. The van der Waals surface area contributed by atoms with Crippen LogP contribution in [0.4, 0.5) is 0 Å². The van der Waals surface area contributed by atoms with E-state index in [2.05, 4.69) is 13.1 Å². The van der Waals surface area contributed by atoms with Gasteiger partial charge in [-0.15, -0.1) is 4.17 Å². The molecule has 0 aromatic heterocycles. The maximum Gasteiger partial charge on any atom is 0.500 e. The third-order valence-electron chi connectivity index (χ3n) is 1.23. The lowest BCUT2D eigenvalue weighted by Crippen LogP contribution is -2.31. The van der Waals surface area contributed by atoms with Crippen LogP contribution >= 0.6 is 9.07 Å². The fraction of sp³-hybridized carbons (Fsp3) is 1.00. The minimum absolute atomic E-state index is 0.302. The monoisotopic (exact) mass is 176 g/mol. The number of hydrogen-bond donors (Lipinski definition) is 0. The summed E-state index contributed by atoms with van der Waals surface area (Å²) in [6.07, 6.45) is 0. The van der Waals surface area contributed by atoms with Crippen LogP contribution in [0.1, 0.15) is 6.92 Å². The van der Waals surface area contributed by atoms with Crippen LogP contribution in [0.15, 0.2) is 0 Å². The fourth-order valence-corrected chi connectivity index (χ4v) is 7.97. The van der Waals surface area contributed by atoms with E-state index in [0.29, 0.717) is 0 Å². The summed E-state index contributed by atoms with van der Waals surface area (Å²) in [6, 6.07) is 0. The predicted octanol–water partition coefficient (Wildman–Crippen LogP) is 2.04. The zero-order valence-electron chi connectivity index (χ0n) is 6.41. The Morgan fingerprint density at radius 3 is 2.44 bits per heavy atom. The second-order valence-corrected chi connectivity index (χ2v) is 9.95. The van der Waals surface area contributed by atoms with Crippen LogP contribution in [0.25, 0.3) is 0 Å². The summed E-state index contributed by atoms with van der Waals surface area (Å²) in [6.45, 7) is 7.35. The molecule has 0 bridgehead atoms. The van der Waals surface area contributed by atoms with Gasteiger partial charge < -0.3 is 13.5 Å². The zero-order valence-corrected chi connectivity index (χ0v) is 9.58. The molecule has 0 saturated heterocycles. The molecule has 0 saturated carbocycles. The molecule has 0 aliphatic heterocycles. The molecule has 1 nitrogen and oxygen atoms in total. The first-order chi connectivity index (χ1) is 4.12. The van der Waals surface area contributed by atoms with Crippen LogP contribution in [0.3, 0.4) is 0 Å². The molecule has 0 fully saturated rings. The minimum Gasteiger partial charge on any atom is -0.420 e. The maximum absolute atomic E-state index is 5.72. The van der Waals surface area contributed by atoms with Crippen molar-refractivity contribution in [1.82, 2.24) is 0 Å². The molecular weight excluding hydrogens is 164 g/mol. The van der Waals surface area contributed by atoms with Crippen LogP contribution in [-0.4, -0.2) is 34.2 Å². The lowest BCUT2D eigenvalue weighted by molar-refractivity contribution is 0.333. The molecule has 0 rings (SSSR count). The third kappa shape index (κ3) is 5.67. The highest BCUT2D eigenvalue weighted by atomic mass is 35.5. The molecule has 0 amide bonds. The Bertz CT molecular complexity index is 71.4. The Labute approximate surface area is 71.7 Å². The number of halogens is 1. The smallest absolute Gasteiger partial charge is 0.420 e. The van der Waals surface area contributed by atoms with Gasteiger partial charge in [-0.1, -0.05) is 0 Å². The summed E-state index contributed by atoms with van der Waals surface area (Å²) in [5.41, 5.74) is 0. The highest BCUT2D eigenvalue weighted by Crippen LogP contribution is 2.09. The Kier molecular flexibility index (Phi) is 5.64. The van der Waals surface area contributed by atoms with Crippen molar-refractivity contribution in [3.63, 3.8) is 0 Å². The SMILES string of the molecule is CCO[Si](C)(C)[CH2][Mg][Cl]. The Hall–Kier alpha value is 1.23. The second kappa shape index (κ2) is 4.96. The van der Waals surface area contributed by atoms with Crippen LogP contribution in [-0.2, 0) is 4.43 Å². The maximum atomic E-state index is 5.72. The van der Waals surface area contributed by atoms with Gasteiger partial charge in [0, 0.05) is 6.61 Å². The molecule has 0 N–H and O–H groups in total. The van der Waals surface area contributed by atoms with Crippen molar-refractivity contribution in [3.8, 4) is 0 Å². The molecule has 0 aliphatic carbocycles. The van der Waals surface area contributed by atoms with E-state index in [1.807, 2.05) is 6.92 Å². The van der Waals surface area contributed by atoms with Gasteiger partial charge in [0.1, 0.15) is 0 Å². The lowest BCUT2D eigenvalue weighted by atomic mass is 10.9. The van der Waals surface area contributed by atoms with E-state index in [0.717, 1.165) is 6.61 Å². The van der Waals surface area contributed by atoms with Crippen molar-refractivity contribution >= 4 is 36.7 Å². The molecule has 0 aromatic rings. The first-order valence-corrected chi connectivity index (χ1v) is 9.57. The average molecular weight is 177 g/mol. The highest BCUT2D eigenvalue weighted by Gasteiger charge is 2.20. The van der Waals surface area contributed by atoms with Crippen molar-refractivity contribution in [2.45, 2.75) is 24.2 Å². The molecular formula is C5H13ClMgOSi. The molecule has 0 atom stereocenters. The summed E-state index contributed by atoms with van der Waals surface area (Å²) >= 11 is -0.302. The van der Waals surface area contributed by atoms with Gasteiger partial charge in [-0.25, -0.2) is 0 Å². The van der Waals surface area contributed by atoms with Gasteiger partial charge in [0.25, 0.3) is 0 Å². The molecule has 0 aromatic carbocycles. The topological polar surface area (TPSA) is 9.23 Å². The number of rotatable bonds is 4. The van der Waals surface area contributed by atoms with E-state index in [1.165, 1.54) is 4.17 Å². The summed E-state index contributed by atoms with van der Waals surface area (Å²) in [7, 11) is 4.44. The Morgan fingerprint density at radius 1 is 1.56 bits per heavy atom. The summed E-state index contributed by atoms with van der Waals surface area (Å²) in [5.74, 6) is 0. The van der Waals surface area contributed by atoms with Crippen molar-refractivity contribution in [2.75, 3.05) is 6.61 Å². The molecule has 9 heavy (non-hydrogen) atoms. The first-order valence-electron chi connectivity index (χ1n) is 3.32. The Morgan fingerprint density at radius 2 is 2.11 bits per heavy atom. The van der Waals surface area contributed by atoms with Gasteiger partial charge in [0.15, 0.2) is 8.32 Å². The molecule has 0 spiro atoms. The van der Waals surface area contributed by atoms with Crippen molar-refractivity contribution < 1.29 is 4.43 Å². The number of hydrogen-bond acceptors (Lipinski definition) is 1. The van der Waals surface area contributed by atoms with Crippen LogP contribution in [0, 0.1) is 0 Å². The predicted molar refractivity (Wildman–Crippen MR) is 45.5 cm³/mol. The third-order valence-corrected chi connectivity index (χ3v) is 9.58. The van der Waals surface area contributed by atoms with Crippen molar-refractivity contribution in [1.29, 1.82) is 0 Å². The molecule has 0 unspecified atom stereocenters. The zero-order chi connectivity index (χ0) is 7.33. The van der Waals surface area contributed by atoms with E-state index in [9.17, 15) is 0 Å². The average Bonchev–Trinajstić information content (AvgIpc) is 1.64. The van der Waals surface area contributed by atoms with Crippen molar-refractivity contribution in [3.05, 3.63) is 0 Å². The minimum atomic E-state index is -1.27. The second-order valence-electron chi connectivity index (χ2n) is 2.63. The Balaban J connectivity index is 3.43. The largest absolute Gasteiger partial charge is 0.500 e. The van der Waals surface area contributed by atoms with E-state index in [-0.39, 0.29) is 19.3 Å². The van der Waals surface area contributed by atoms with E-state index >= 15 is 0 Å². The quantitative estimate of drug-likeness (QED) is 0.597. The van der Waals surface area contributed by atoms with Gasteiger partial charge in [-0.05, 0) is 20.0 Å². The standard InChI is InChI=1S/C5H13OSi.ClH.Mg/c1-5-6-7(2,3)4;;/h2,5H2,1,3-4H3;1H;/q;;+1/p-1. The van der Waals surface area contributed by atoms with Crippen molar-refractivity contribution in [2.24, 2.45) is 0 Å². The van der Waals surface area contributed by atoms with Gasteiger partial charge in [-0.3, -0.25) is 0 Å². The van der Waals surface area contributed by atoms with E-state index in [4.69, 9.17) is 13.5 Å². The molecule has 4 heteroatoms. The van der Waals surface area contributed by atoms with Gasteiger partial charge >= 0.3 is 19.3 Å². The van der Waals surface area contributed by atoms with Crippen LogP contribution in [0.5, 0.6) is 0 Å². The molecule has 0 heterocycles. The van der Waals surface area contributed by atoms with Gasteiger partial charge in [0.2, 0.25) is 0 Å². The molecule has 52 valence electrons. The fourth-order valence-electron chi connectivity index (χ4n) is 0.690. The summed E-state index contributed by atoms with van der Waals surface area (Å²) in [4.78, 5) is 0. The van der Waals surface area contributed by atoms with Crippen LogP contribution < -0.4 is 0 Å². The molecule has 0 radical (unpaired) electrons. The lowest BCUT2D eigenvalue weighted by Gasteiger charge is -2.20. The highest BCUT2D eigenvalue weighted by molar-refractivity contribution is 7.00. The van der Waals surface area contributed by atoms with E-state index < -0.39 is 8.32 Å². The normalized spacial score (nSPS) is 11.1. The van der Waals surface area contributed by atoms with Gasteiger partial charge in [-0.2, -0.15) is 0 Å². The summed E-state index contributed by atoms with van der Waals surface area (Å²) in [5, 5.41) is 0. The summed E-state index contributed by atoms with van der Waals surface area (Å²) < 4.78 is 6.76. The van der Waals surface area contributed by atoms with E-state index in [1.54, 1.807) is 0 Å². The first kappa shape index (κ1) is 10.2. The van der Waals surface area contributed by atoms with Crippen LogP contribution in [0.2, 0.25) is 17.3 Å². The van der Waals surface area contributed by atoms with Gasteiger partial charge in [0.05, 0.1) is 0 Å².